The first-order chi connectivity index (χ1) is 23.4. The van der Waals surface area contributed by atoms with Crippen molar-refractivity contribution in [2.45, 2.75) is 57.8 Å². The van der Waals surface area contributed by atoms with Crippen LogP contribution in [0.25, 0.3) is 0 Å². The van der Waals surface area contributed by atoms with E-state index in [0.717, 1.165) is 11.1 Å². The van der Waals surface area contributed by atoms with Crippen molar-refractivity contribution >= 4 is 53.6 Å². The molecule has 0 bridgehead atoms. The molecule has 3 atom stereocenters. The van der Waals surface area contributed by atoms with Crippen molar-refractivity contribution in [2.75, 3.05) is 11.9 Å². The maximum atomic E-state index is 13.7. The van der Waals surface area contributed by atoms with Crippen LogP contribution in [0.2, 0.25) is 0 Å². The van der Waals surface area contributed by atoms with Crippen LogP contribution < -0.4 is 32.7 Å². The predicted molar refractivity (Wildman–Crippen MR) is 191 cm³/mol. The summed E-state index contributed by atoms with van der Waals surface area (Å²) >= 11 is 0. The average molecular weight is 711 g/mol. The van der Waals surface area contributed by atoms with Gasteiger partial charge in [-0.25, -0.2) is 4.79 Å². The number of nitro groups is 1. The molecule has 0 spiro atoms. The van der Waals surface area contributed by atoms with Gasteiger partial charge >= 0.3 is 6.09 Å². The average Bonchev–Trinajstić information content (AvgIpc) is 3.08. The van der Waals surface area contributed by atoms with Crippen molar-refractivity contribution in [3.05, 3.63) is 106 Å². The Morgan fingerprint density at radius 3 is 1.96 bits per heavy atom. The molecular formula is C34H43ClN8O7. The number of rotatable bonds is 17. The molecule has 15 nitrogen and oxygen atoms in total. The number of nitrogens with zero attached hydrogens (tertiary/aromatic N) is 2. The topological polar surface area (TPSA) is 233 Å². The predicted octanol–water partition coefficient (Wildman–Crippen LogP) is 3.17. The molecule has 16 heteroatoms. The molecule has 0 saturated heterocycles. The number of benzene rings is 3. The Hall–Kier alpha value is -5.70. The van der Waals surface area contributed by atoms with Crippen LogP contribution in [0.1, 0.15) is 37.8 Å². The second-order valence-corrected chi connectivity index (χ2v) is 11.5. The Balaban J connectivity index is 0.00000867. The number of anilines is 1. The molecule has 0 aromatic heterocycles. The van der Waals surface area contributed by atoms with Gasteiger partial charge in [-0.05, 0) is 42.0 Å². The van der Waals surface area contributed by atoms with Crippen LogP contribution in [-0.2, 0) is 32.1 Å². The fourth-order valence-corrected chi connectivity index (χ4v) is 4.68. The summed E-state index contributed by atoms with van der Waals surface area (Å²) in [6.07, 6.45) is -0.242. The number of hydrogen-bond donors (Lipinski definition) is 6. The number of alkyl carbamates (subject to hydrolysis) is 1. The summed E-state index contributed by atoms with van der Waals surface area (Å²) in [4.78, 5) is 67.8. The van der Waals surface area contributed by atoms with Crippen LogP contribution in [-0.4, -0.2) is 59.4 Å². The summed E-state index contributed by atoms with van der Waals surface area (Å²) in [6, 6.07) is 20.1. The number of nitrogens with two attached hydrogens (primary N) is 2. The van der Waals surface area contributed by atoms with Crippen molar-refractivity contribution < 1.29 is 28.8 Å². The van der Waals surface area contributed by atoms with E-state index in [-0.39, 0.29) is 55.7 Å². The third-order valence-corrected chi connectivity index (χ3v) is 7.27. The smallest absolute Gasteiger partial charge is 0.408 e. The third kappa shape index (κ3) is 13.8. The van der Waals surface area contributed by atoms with Crippen molar-refractivity contribution in [3.8, 4) is 0 Å². The number of hydrogen-bond acceptors (Lipinski definition) is 8. The molecule has 3 rings (SSSR count). The summed E-state index contributed by atoms with van der Waals surface area (Å²) in [6.45, 7) is 3.64. The molecule has 0 radical (unpaired) electrons. The van der Waals surface area contributed by atoms with E-state index in [2.05, 4.69) is 26.3 Å². The number of guanidine groups is 1. The first-order valence-electron chi connectivity index (χ1n) is 15.7. The number of nitro benzene ring substituents is 1. The first-order valence-corrected chi connectivity index (χ1v) is 15.7. The fraction of sp³-hybridized carbons (Fsp3) is 0.324. The minimum absolute atomic E-state index is 0. The van der Waals surface area contributed by atoms with Crippen molar-refractivity contribution in [1.82, 2.24) is 16.0 Å². The van der Waals surface area contributed by atoms with E-state index in [1.807, 2.05) is 24.3 Å². The highest BCUT2D eigenvalue weighted by Crippen LogP contribution is 2.16. The Kier molecular flexibility index (Phi) is 16.7. The zero-order valence-electron chi connectivity index (χ0n) is 27.7. The van der Waals surface area contributed by atoms with Gasteiger partial charge in [0.05, 0.1) is 4.92 Å². The molecule has 4 amide bonds. The van der Waals surface area contributed by atoms with Crippen molar-refractivity contribution in [1.29, 1.82) is 0 Å². The quantitative estimate of drug-likeness (QED) is 0.0396. The molecule has 0 aliphatic heterocycles. The van der Waals surface area contributed by atoms with Gasteiger partial charge in [-0.1, -0.05) is 74.5 Å². The second-order valence-electron chi connectivity index (χ2n) is 11.5. The number of nitrogens with one attached hydrogen (secondary N) is 4. The Labute approximate surface area is 296 Å². The van der Waals surface area contributed by atoms with Gasteiger partial charge in [0, 0.05) is 30.8 Å². The molecule has 50 heavy (non-hydrogen) atoms. The number of aliphatic imine (C=N–C) groups is 1. The van der Waals surface area contributed by atoms with Crippen LogP contribution in [0.3, 0.4) is 0 Å². The van der Waals surface area contributed by atoms with Gasteiger partial charge in [0.15, 0.2) is 5.96 Å². The van der Waals surface area contributed by atoms with E-state index in [1.165, 1.54) is 24.3 Å². The van der Waals surface area contributed by atoms with E-state index in [4.69, 9.17) is 16.2 Å². The number of carbonyl (C=O) groups excluding carboxylic acids is 4. The summed E-state index contributed by atoms with van der Waals surface area (Å²) < 4.78 is 5.34. The number of non-ortho nitro benzene ring substituents is 1. The molecule has 268 valence electrons. The van der Waals surface area contributed by atoms with E-state index < -0.39 is 52.8 Å². The minimum atomic E-state index is -1.10. The highest BCUT2D eigenvalue weighted by molar-refractivity contribution is 5.99. The summed E-state index contributed by atoms with van der Waals surface area (Å²) in [7, 11) is 0. The summed E-state index contributed by atoms with van der Waals surface area (Å²) in [5.41, 5.74) is 12.5. The Bertz CT molecular complexity index is 1590. The van der Waals surface area contributed by atoms with Crippen LogP contribution in [0.5, 0.6) is 0 Å². The van der Waals surface area contributed by atoms with E-state index >= 15 is 0 Å². The molecule has 0 aliphatic rings. The highest BCUT2D eigenvalue weighted by atomic mass is 35.5. The fourth-order valence-electron chi connectivity index (χ4n) is 4.68. The maximum Gasteiger partial charge on any atom is 0.408 e. The van der Waals surface area contributed by atoms with Gasteiger partial charge in [-0.2, -0.15) is 0 Å². The normalized spacial score (nSPS) is 12.2. The van der Waals surface area contributed by atoms with E-state index in [9.17, 15) is 29.3 Å². The number of carbonyl (C=O) groups is 4. The van der Waals surface area contributed by atoms with Gasteiger partial charge in [0.25, 0.3) is 5.69 Å². The number of ether oxygens (including phenoxy) is 1. The Morgan fingerprint density at radius 1 is 0.800 bits per heavy atom. The molecule has 0 aliphatic carbocycles. The standard InChI is InChI=1S/C34H42N8O7.ClH/c1-22(2)29(32(45)39-27(14-9-19-37-33(35)36)30(43)38-25-15-17-26(18-16-25)42(47)48)41-31(44)28(20-23-10-5-3-6-11-23)40-34(46)49-21-24-12-7-4-8-13-24;/h3-8,10-13,15-18,22,27-29H,9,14,19-21H2,1-2H3,(H,38,43)(H,39,45)(H,40,46)(H,41,44)(H4,35,36,37);1H. The molecule has 0 fully saturated rings. The highest BCUT2D eigenvalue weighted by Gasteiger charge is 2.32. The van der Waals surface area contributed by atoms with Crippen LogP contribution in [0.4, 0.5) is 16.2 Å². The van der Waals surface area contributed by atoms with E-state index in [1.54, 1.807) is 50.2 Å². The third-order valence-electron chi connectivity index (χ3n) is 7.27. The van der Waals surface area contributed by atoms with E-state index in [0.29, 0.717) is 6.42 Å². The number of halogens is 1. The summed E-state index contributed by atoms with van der Waals surface area (Å²) in [5, 5.41) is 21.7. The van der Waals surface area contributed by atoms with Gasteiger partial charge in [0.2, 0.25) is 17.7 Å². The van der Waals surface area contributed by atoms with Crippen molar-refractivity contribution in [2.24, 2.45) is 22.4 Å². The summed E-state index contributed by atoms with van der Waals surface area (Å²) in [5.74, 6) is -2.41. The zero-order valence-corrected chi connectivity index (χ0v) is 28.6. The van der Waals surface area contributed by atoms with Gasteiger partial charge in [-0.3, -0.25) is 29.5 Å². The zero-order chi connectivity index (χ0) is 35.8. The van der Waals surface area contributed by atoms with Crippen LogP contribution in [0, 0.1) is 16.0 Å². The second kappa shape index (κ2) is 20.6. The first kappa shape index (κ1) is 40.5. The van der Waals surface area contributed by atoms with Crippen molar-refractivity contribution in [3.63, 3.8) is 0 Å². The molecule has 8 N–H and O–H groups in total. The van der Waals surface area contributed by atoms with Gasteiger partial charge in [0.1, 0.15) is 24.7 Å². The lowest BCUT2D eigenvalue weighted by molar-refractivity contribution is -0.384. The minimum Gasteiger partial charge on any atom is -0.445 e. The lowest BCUT2D eigenvalue weighted by Crippen LogP contribution is -2.58. The molecule has 0 heterocycles. The van der Waals surface area contributed by atoms with Crippen LogP contribution >= 0.6 is 12.4 Å². The molecule has 3 aromatic carbocycles. The molecule has 3 unspecified atom stereocenters. The van der Waals surface area contributed by atoms with Gasteiger partial charge in [-0.15, -0.1) is 12.4 Å². The molecule has 0 saturated carbocycles. The number of amides is 4. The molecular weight excluding hydrogens is 668 g/mol. The van der Waals surface area contributed by atoms with Crippen LogP contribution in [0.15, 0.2) is 89.9 Å². The monoisotopic (exact) mass is 710 g/mol. The Morgan fingerprint density at radius 2 is 1.40 bits per heavy atom. The maximum absolute atomic E-state index is 13.7. The molecule has 3 aromatic rings. The lowest BCUT2D eigenvalue weighted by atomic mass is 10.00. The lowest BCUT2D eigenvalue weighted by Gasteiger charge is -2.27. The SMILES string of the molecule is CC(C)C(NC(=O)C(Cc1ccccc1)NC(=O)OCc1ccccc1)C(=O)NC(CCCN=C(N)N)C(=O)Nc1ccc([N+](=O)[O-])cc1.Cl. The largest absolute Gasteiger partial charge is 0.445 e. The van der Waals surface area contributed by atoms with Gasteiger partial charge < -0.3 is 37.5 Å².